The number of carbonyl (C=O) groups is 1. The number of carboxylic acid groups (broad SMARTS) is 1. The van der Waals surface area contributed by atoms with Crippen LogP contribution in [0.5, 0.6) is 11.5 Å². The predicted molar refractivity (Wildman–Crippen MR) is 87.1 cm³/mol. The molecule has 1 heterocycles. The monoisotopic (exact) mass is 329 g/mol. The number of benzene rings is 2. The minimum atomic E-state index is -1.01. The Morgan fingerprint density at radius 2 is 1.88 bits per heavy atom. The molecular formula is C18H19NO5. The Bertz CT molecular complexity index is 719. The fourth-order valence-electron chi connectivity index (χ4n) is 2.85. The first-order valence-electron chi connectivity index (χ1n) is 7.55. The Kier molecular flexibility index (Phi) is 4.69. The molecule has 0 spiro atoms. The van der Waals surface area contributed by atoms with Gasteiger partial charge in [-0.2, -0.15) is 0 Å². The lowest BCUT2D eigenvalue weighted by Crippen LogP contribution is -2.28. The van der Waals surface area contributed by atoms with Gasteiger partial charge in [-0.25, -0.2) is 4.79 Å². The van der Waals surface area contributed by atoms with E-state index >= 15 is 0 Å². The maximum absolute atomic E-state index is 11.6. The van der Waals surface area contributed by atoms with E-state index in [0.717, 1.165) is 11.1 Å². The summed E-state index contributed by atoms with van der Waals surface area (Å²) < 4.78 is 16.3. The van der Waals surface area contributed by atoms with Gasteiger partial charge in [0, 0.05) is 11.6 Å². The summed E-state index contributed by atoms with van der Waals surface area (Å²) >= 11 is 0. The van der Waals surface area contributed by atoms with Gasteiger partial charge >= 0.3 is 5.97 Å². The third kappa shape index (κ3) is 3.06. The first-order valence-corrected chi connectivity index (χ1v) is 7.55. The normalized spacial score (nSPS) is 23.0. The molecule has 0 radical (unpaired) electrons. The Labute approximate surface area is 140 Å². The van der Waals surface area contributed by atoms with Crippen molar-refractivity contribution >= 4 is 5.97 Å². The molecule has 3 unspecified atom stereocenters. The minimum Gasteiger partial charge on any atom is -0.497 e. The van der Waals surface area contributed by atoms with Crippen LogP contribution in [0.15, 0.2) is 48.5 Å². The summed E-state index contributed by atoms with van der Waals surface area (Å²) in [5.74, 6) is 0.221. The van der Waals surface area contributed by atoms with Gasteiger partial charge in [-0.1, -0.05) is 30.3 Å². The fourth-order valence-corrected chi connectivity index (χ4v) is 2.85. The lowest BCUT2D eigenvalue weighted by molar-refractivity contribution is -0.150. The molecule has 1 fully saturated rings. The molecule has 6 nitrogen and oxygen atoms in total. The smallest absolute Gasteiger partial charge is 0.334 e. The standard InChI is InChI=1S/C18H19NO5/c1-22-12-8-9-13(14(10-12)23-2)17-19-15(16(24-17)18(20)21)11-6-4-3-5-7-11/h3-10,15-17,19H,1-2H3,(H,20,21). The van der Waals surface area contributed by atoms with Crippen LogP contribution in [-0.4, -0.2) is 31.4 Å². The Morgan fingerprint density at radius 1 is 1.12 bits per heavy atom. The molecule has 1 aliphatic heterocycles. The average Bonchev–Trinajstić information content (AvgIpc) is 3.07. The van der Waals surface area contributed by atoms with Crippen LogP contribution in [0, 0.1) is 0 Å². The number of methoxy groups -OCH3 is 2. The molecule has 3 atom stereocenters. The SMILES string of the molecule is COc1ccc(C2NC(c3ccccc3)C(C(=O)O)O2)c(OC)c1. The molecule has 1 aliphatic rings. The second-order valence-corrected chi connectivity index (χ2v) is 5.44. The van der Waals surface area contributed by atoms with Crippen molar-refractivity contribution < 1.29 is 24.1 Å². The lowest BCUT2D eigenvalue weighted by Gasteiger charge is -2.16. The number of rotatable bonds is 5. The van der Waals surface area contributed by atoms with Gasteiger partial charge in [0.2, 0.25) is 0 Å². The van der Waals surface area contributed by atoms with Crippen molar-refractivity contribution in [2.45, 2.75) is 18.4 Å². The minimum absolute atomic E-state index is 0.444. The molecule has 1 saturated heterocycles. The van der Waals surface area contributed by atoms with Crippen LogP contribution in [0.1, 0.15) is 23.4 Å². The highest BCUT2D eigenvalue weighted by atomic mass is 16.5. The van der Waals surface area contributed by atoms with Crippen molar-refractivity contribution in [2.75, 3.05) is 14.2 Å². The molecule has 2 N–H and O–H groups in total. The highest BCUT2D eigenvalue weighted by molar-refractivity contribution is 5.74. The summed E-state index contributed by atoms with van der Waals surface area (Å²) in [6.07, 6.45) is -1.57. The quantitative estimate of drug-likeness (QED) is 0.878. The number of ether oxygens (including phenoxy) is 3. The average molecular weight is 329 g/mol. The summed E-state index contributed by atoms with van der Waals surface area (Å²) in [6, 6.07) is 14.3. The summed E-state index contributed by atoms with van der Waals surface area (Å²) in [6.45, 7) is 0. The van der Waals surface area contributed by atoms with Crippen LogP contribution in [0.2, 0.25) is 0 Å². The molecule has 3 rings (SSSR count). The van der Waals surface area contributed by atoms with Gasteiger partial charge in [-0.15, -0.1) is 0 Å². The van der Waals surface area contributed by atoms with Gasteiger partial charge in [0.1, 0.15) is 17.7 Å². The maximum Gasteiger partial charge on any atom is 0.334 e. The maximum atomic E-state index is 11.6. The third-order valence-corrected chi connectivity index (χ3v) is 4.04. The summed E-state index contributed by atoms with van der Waals surface area (Å²) in [5.41, 5.74) is 1.59. The topological polar surface area (TPSA) is 77.0 Å². The van der Waals surface area contributed by atoms with Crippen molar-refractivity contribution in [1.82, 2.24) is 5.32 Å². The molecule has 2 aromatic rings. The van der Waals surface area contributed by atoms with Gasteiger partial charge in [0.05, 0.1) is 20.3 Å². The van der Waals surface area contributed by atoms with Gasteiger partial charge in [0.25, 0.3) is 0 Å². The summed E-state index contributed by atoms with van der Waals surface area (Å²) in [4.78, 5) is 11.6. The second kappa shape index (κ2) is 6.90. The van der Waals surface area contributed by atoms with E-state index in [1.165, 1.54) is 0 Å². The van der Waals surface area contributed by atoms with E-state index < -0.39 is 24.3 Å². The van der Waals surface area contributed by atoms with Crippen LogP contribution in [0.25, 0.3) is 0 Å². The Balaban J connectivity index is 1.92. The van der Waals surface area contributed by atoms with Crippen molar-refractivity contribution in [3.8, 4) is 11.5 Å². The largest absolute Gasteiger partial charge is 0.497 e. The predicted octanol–water partition coefficient (Wildman–Crippen LogP) is 2.52. The molecule has 6 heteroatoms. The van der Waals surface area contributed by atoms with Crippen molar-refractivity contribution in [3.05, 3.63) is 59.7 Å². The van der Waals surface area contributed by atoms with E-state index in [0.29, 0.717) is 11.5 Å². The van der Waals surface area contributed by atoms with Crippen LogP contribution < -0.4 is 14.8 Å². The molecule has 0 saturated carbocycles. The third-order valence-electron chi connectivity index (χ3n) is 4.04. The highest BCUT2D eigenvalue weighted by Gasteiger charge is 2.41. The van der Waals surface area contributed by atoms with Crippen LogP contribution in [0.3, 0.4) is 0 Å². The van der Waals surface area contributed by atoms with Crippen LogP contribution in [0.4, 0.5) is 0 Å². The highest BCUT2D eigenvalue weighted by Crippen LogP contribution is 2.38. The van der Waals surface area contributed by atoms with Crippen LogP contribution in [-0.2, 0) is 9.53 Å². The number of nitrogens with one attached hydrogen (secondary N) is 1. The first kappa shape index (κ1) is 16.3. The molecule has 126 valence electrons. The molecule has 2 aromatic carbocycles. The number of hydrogen-bond acceptors (Lipinski definition) is 5. The Hall–Kier alpha value is -2.57. The van der Waals surface area contributed by atoms with Crippen molar-refractivity contribution in [3.63, 3.8) is 0 Å². The van der Waals surface area contributed by atoms with Gasteiger partial charge < -0.3 is 19.3 Å². The van der Waals surface area contributed by atoms with E-state index in [2.05, 4.69) is 5.32 Å². The van der Waals surface area contributed by atoms with E-state index in [4.69, 9.17) is 14.2 Å². The fraction of sp³-hybridized carbons (Fsp3) is 0.278. The summed E-state index contributed by atoms with van der Waals surface area (Å²) in [7, 11) is 3.13. The zero-order valence-corrected chi connectivity index (χ0v) is 13.4. The molecule has 24 heavy (non-hydrogen) atoms. The van der Waals surface area contributed by atoms with Gasteiger partial charge in [-0.05, 0) is 17.7 Å². The molecule has 0 amide bonds. The van der Waals surface area contributed by atoms with E-state index in [1.807, 2.05) is 36.4 Å². The Morgan fingerprint density at radius 3 is 2.50 bits per heavy atom. The number of aliphatic carboxylic acids is 1. The molecular weight excluding hydrogens is 310 g/mol. The van der Waals surface area contributed by atoms with Gasteiger partial charge in [-0.3, -0.25) is 5.32 Å². The zero-order valence-electron chi connectivity index (χ0n) is 13.4. The molecule has 0 aliphatic carbocycles. The van der Waals surface area contributed by atoms with Crippen molar-refractivity contribution in [2.24, 2.45) is 0 Å². The zero-order chi connectivity index (χ0) is 17.1. The molecule has 0 bridgehead atoms. The number of hydrogen-bond donors (Lipinski definition) is 2. The first-order chi connectivity index (χ1) is 11.6. The summed E-state index contributed by atoms with van der Waals surface area (Å²) in [5, 5.41) is 12.7. The van der Waals surface area contributed by atoms with E-state index in [-0.39, 0.29) is 0 Å². The van der Waals surface area contributed by atoms with E-state index in [9.17, 15) is 9.90 Å². The van der Waals surface area contributed by atoms with Crippen LogP contribution >= 0.6 is 0 Å². The van der Waals surface area contributed by atoms with Gasteiger partial charge in [0.15, 0.2) is 6.10 Å². The molecule has 0 aromatic heterocycles. The van der Waals surface area contributed by atoms with E-state index in [1.54, 1.807) is 26.4 Å². The second-order valence-electron chi connectivity index (χ2n) is 5.44. The lowest BCUT2D eigenvalue weighted by atomic mass is 10.0. The van der Waals surface area contributed by atoms with Crippen molar-refractivity contribution in [1.29, 1.82) is 0 Å². The number of carboxylic acids is 1.